The van der Waals surface area contributed by atoms with Crippen LogP contribution in [-0.2, 0) is 16.0 Å². The van der Waals surface area contributed by atoms with Crippen LogP contribution in [0.1, 0.15) is 27.7 Å². The molecule has 0 fully saturated rings. The van der Waals surface area contributed by atoms with Crippen molar-refractivity contribution in [2.24, 2.45) is 0 Å². The molecule has 1 unspecified atom stereocenters. The summed E-state index contributed by atoms with van der Waals surface area (Å²) in [6, 6.07) is 8.98. The Morgan fingerprint density at radius 1 is 1.33 bits per heavy atom. The Balaban J connectivity index is 2.16. The number of ether oxygens (including phenoxy) is 1. The van der Waals surface area contributed by atoms with Crippen molar-refractivity contribution in [2.45, 2.75) is 12.5 Å². The summed E-state index contributed by atoms with van der Waals surface area (Å²) in [4.78, 5) is 25.1. The average molecular weight is 326 g/mol. The monoisotopic (exact) mass is 325 g/mol. The van der Waals surface area contributed by atoms with Gasteiger partial charge in [-0.1, -0.05) is 23.7 Å². The molecular weight excluding hydrogens is 313 g/mol. The molecule has 1 aromatic heterocycles. The maximum absolute atomic E-state index is 11.5. The summed E-state index contributed by atoms with van der Waals surface area (Å²) in [5.41, 5.74) is 1.95. The molecule has 2 rings (SSSR count). The summed E-state index contributed by atoms with van der Waals surface area (Å²) >= 11 is 11.1. The minimum absolute atomic E-state index is 0.172. The normalized spacial score (nSPS) is 12.1. The number of Topliss-reactive ketones (excluding diaryl/α,β-unsaturated/α-hetero) is 1. The second kappa shape index (κ2) is 6.89. The standard InChI is InChI=1S/C15H13Cl2NO3/c1-21-13(10-3-2-4-11(16)7-10)6-9-5-12(18-8-9)14(19)15(17)20/h2-5,7-8,13,18H,6H2,1H3. The zero-order chi connectivity index (χ0) is 15.4. The Bertz CT molecular complexity index is 666. The van der Waals surface area contributed by atoms with Crippen LogP contribution in [0.15, 0.2) is 36.5 Å². The summed E-state index contributed by atoms with van der Waals surface area (Å²) in [5, 5.41) is -0.381. The van der Waals surface area contributed by atoms with E-state index in [1.165, 1.54) is 0 Å². The summed E-state index contributed by atoms with van der Waals surface area (Å²) in [5.74, 6) is -0.750. The van der Waals surface area contributed by atoms with E-state index in [9.17, 15) is 9.59 Å². The Labute approximate surface area is 132 Å². The number of halogens is 2. The van der Waals surface area contributed by atoms with Gasteiger partial charge in [0, 0.05) is 24.8 Å². The lowest BCUT2D eigenvalue weighted by Gasteiger charge is -2.15. The van der Waals surface area contributed by atoms with Gasteiger partial charge in [0.15, 0.2) is 0 Å². The van der Waals surface area contributed by atoms with Gasteiger partial charge in [0.25, 0.3) is 11.0 Å². The fraction of sp³-hybridized carbons (Fsp3) is 0.200. The molecule has 0 spiro atoms. The van der Waals surface area contributed by atoms with E-state index < -0.39 is 11.0 Å². The van der Waals surface area contributed by atoms with Crippen molar-refractivity contribution in [1.29, 1.82) is 0 Å². The van der Waals surface area contributed by atoms with Crippen LogP contribution in [0.5, 0.6) is 0 Å². The van der Waals surface area contributed by atoms with Gasteiger partial charge in [-0.2, -0.15) is 0 Å². The number of aromatic nitrogens is 1. The lowest BCUT2D eigenvalue weighted by atomic mass is 10.0. The molecule has 21 heavy (non-hydrogen) atoms. The number of hydrogen-bond donors (Lipinski definition) is 1. The van der Waals surface area contributed by atoms with E-state index in [0.717, 1.165) is 11.1 Å². The molecule has 0 saturated heterocycles. The Kier molecular flexibility index (Phi) is 5.17. The molecule has 4 nitrogen and oxygen atoms in total. The van der Waals surface area contributed by atoms with Gasteiger partial charge in [-0.3, -0.25) is 9.59 Å². The minimum Gasteiger partial charge on any atom is -0.376 e. The molecule has 0 radical (unpaired) electrons. The van der Waals surface area contributed by atoms with Gasteiger partial charge >= 0.3 is 0 Å². The maximum atomic E-state index is 11.5. The van der Waals surface area contributed by atoms with Crippen LogP contribution in [-0.4, -0.2) is 23.1 Å². The highest BCUT2D eigenvalue weighted by Gasteiger charge is 2.18. The average Bonchev–Trinajstić information content (AvgIpc) is 2.92. The van der Waals surface area contributed by atoms with E-state index >= 15 is 0 Å². The lowest BCUT2D eigenvalue weighted by Crippen LogP contribution is -2.07. The van der Waals surface area contributed by atoms with Gasteiger partial charge in [-0.05, 0) is 40.9 Å². The third-order valence-electron chi connectivity index (χ3n) is 3.09. The fourth-order valence-corrected chi connectivity index (χ4v) is 2.35. The largest absolute Gasteiger partial charge is 0.376 e. The predicted octanol–water partition coefficient (Wildman–Crippen LogP) is 3.55. The van der Waals surface area contributed by atoms with Gasteiger partial charge in [0.2, 0.25) is 0 Å². The lowest BCUT2D eigenvalue weighted by molar-refractivity contribution is -0.108. The van der Waals surface area contributed by atoms with Crippen molar-refractivity contribution in [3.8, 4) is 0 Å². The highest BCUT2D eigenvalue weighted by Crippen LogP contribution is 2.24. The zero-order valence-corrected chi connectivity index (χ0v) is 12.7. The quantitative estimate of drug-likeness (QED) is 0.502. The van der Waals surface area contributed by atoms with Crippen LogP contribution in [0, 0.1) is 0 Å². The first-order valence-corrected chi connectivity index (χ1v) is 6.96. The number of carbonyl (C=O) groups is 2. The summed E-state index contributed by atoms with van der Waals surface area (Å²) in [6.45, 7) is 0. The summed E-state index contributed by atoms with van der Waals surface area (Å²) in [7, 11) is 1.60. The number of benzene rings is 1. The maximum Gasteiger partial charge on any atom is 0.294 e. The first kappa shape index (κ1) is 15.8. The number of H-pyrrole nitrogens is 1. The van der Waals surface area contributed by atoms with Crippen LogP contribution < -0.4 is 0 Å². The third kappa shape index (κ3) is 3.94. The minimum atomic E-state index is -1.01. The van der Waals surface area contributed by atoms with E-state index in [4.69, 9.17) is 27.9 Å². The third-order valence-corrected chi connectivity index (χ3v) is 3.50. The molecule has 2 aromatic rings. The number of rotatable bonds is 6. The van der Waals surface area contributed by atoms with Gasteiger partial charge in [-0.15, -0.1) is 0 Å². The van der Waals surface area contributed by atoms with E-state index in [-0.39, 0.29) is 11.8 Å². The highest BCUT2D eigenvalue weighted by atomic mass is 35.5. The molecule has 0 aliphatic heterocycles. The molecule has 0 saturated carbocycles. The second-order valence-electron chi connectivity index (χ2n) is 4.51. The molecule has 0 bridgehead atoms. The molecule has 1 aromatic carbocycles. The Morgan fingerprint density at radius 2 is 2.10 bits per heavy atom. The van der Waals surface area contributed by atoms with Crippen LogP contribution in [0.3, 0.4) is 0 Å². The van der Waals surface area contributed by atoms with Crippen molar-refractivity contribution in [2.75, 3.05) is 7.11 Å². The van der Waals surface area contributed by atoms with Gasteiger partial charge in [0.05, 0.1) is 11.8 Å². The van der Waals surface area contributed by atoms with Crippen molar-refractivity contribution < 1.29 is 14.3 Å². The van der Waals surface area contributed by atoms with Crippen LogP contribution >= 0.6 is 23.2 Å². The second-order valence-corrected chi connectivity index (χ2v) is 5.29. The highest BCUT2D eigenvalue weighted by molar-refractivity contribution is 6.83. The fourth-order valence-electron chi connectivity index (χ4n) is 2.05. The molecule has 1 atom stereocenters. The number of hydrogen-bond acceptors (Lipinski definition) is 3. The van der Waals surface area contributed by atoms with E-state index in [0.29, 0.717) is 11.4 Å². The summed E-state index contributed by atoms with van der Waals surface area (Å²) in [6.07, 6.45) is 2.00. The molecule has 0 amide bonds. The number of nitrogens with one attached hydrogen (secondary N) is 1. The van der Waals surface area contributed by atoms with Crippen molar-refractivity contribution in [3.63, 3.8) is 0 Å². The first-order chi connectivity index (χ1) is 10.0. The smallest absolute Gasteiger partial charge is 0.294 e. The number of ketones is 1. The topological polar surface area (TPSA) is 59.2 Å². The van der Waals surface area contributed by atoms with Crippen molar-refractivity contribution >= 4 is 34.2 Å². The van der Waals surface area contributed by atoms with Gasteiger partial charge < -0.3 is 9.72 Å². The Morgan fingerprint density at radius 3 is 2.71 bits per heavy atom. The molecule has 6 heteroatoms. The van der Waals surface area contributed by atoms with Crippen molar-refractivity contribution in [3.05, 3.63) is 58.4 Å². The predicted molar refractivity (Wildman–Crippen MR) is 80.9 cm³/mol. The number of aromatic amines is 1. The van der Waals surface area contributed by atoms with Crippen LogP contribution in [0.2, 0.25) is 5.02 Å². The molecular formula is C15H13Cl2NO3. The first-order valence-electron chi connectivity index (χ1n) is 6.21. The van der Waals surface area contributed by atoms with Gasteiger partial charge in [0.1, 0.15) is 0 Å². The number of carbonyl (C=O) groups excluding carboxylic acids is 2. The van der Waals surface area contributed by atoms with Crippen molar-refractivity contribution in [1.82, 2.24) is 4.98 Å². The van der Waals surface area contributed by atoms with Crippen LogP contribution in [0.4, 0.5) is 0 Å². The van der Waals surface area contributed by atoms with E-state index in [2.05, 4.69) is 4.98 Å². The molecule has 1 N–H and O–H groups in total. The number of methoxy groups -OCH3 is 1. The molecule has 0 aliphatic carbocycles. The van der Waals surface area contributed by atoms with E-state index in [1.807, 2.05) is 18.2 Å². The van der Waals surface area contributed by atoms with Gasteiger partial charge in [-0.25, -0.2) is 0 Å². The summed E-state index contributed by atoms with van der Waals surface area (Å²) < 4.78 is 5.46. The molecule has 0 aliphatic rings. The SMILES string of the molecule is COC(Cc1c[nH]c(C(=O)C(=O)Cl)c1)c1cccc(Cl)c1. The van der Waals surface area contributed by atoms with E-state index in [1.54, 1.807) is 25.4 Å². The van der Waals surface area contributed by atoms with Crippen LogP contribution in [0.25, 0.3) is 0 Å². The zero-order valence-electron chi connectivity index (χ0n) is 11.2. The molecule has 110 valence electrons. The Hall–Kier alpha value is -1.62. The molecule has 1 heterocycles.